The maximum atomic E-state index is 5.16. The van der Waals surface area contributed by atoms with Gasteiger partial charge in [0.2, 0.25) is 0 Å². The second-order valence-electron chi connectivity index (χ2n) is 5.05. The molecule has 1 aliphatic rings. The second-order valence-corrected chi connectivity index (χ2v) is 5.05. The van der Waals surface area contributed by atoms with Gasteiger partial charge >= 0.3 is 0 Å². The predicted octanol–water partition coefficient (Wildman–Crippen LogP) is 2.23. The molecule has 18 heavy (non-hydrogen) atoms. The number of benzene rings is 1. The largest absolute Gasteiger partial charge is 0.383 e. The highest BCUT2D eigenvalue weighted by Crippen LogP contribution is 2.21. The number of anilines is 1. The number of rotatable bonds is 5. The number of likely N-dealkylation sites (N-methyl/N-ethyl adjacent to an activating group) is 1. The third-order valence-electron chi connectivity index (χ3n) is 3.79. The summed E-state index contributed by atoms with van der Waals surface area (Å²) >= 11 is 0. The quantitative estimate of drug-likeness (QED) is 0.795. The van der Waals surface area contributed by atoms with Crippen LogP contribution in [0.2, 0.25) is 0 Å². The van der Waals surface area contributed by atoms with Gasteiger partial charge in [0.1, 0.15) is 0 Å². The average molecular weight is 248 g/mol. The first kappa shape index (κ1) is 13.4. The smallest absolute Gasteiger partial charge is 0.0589 e. The number of ether oxygens (including phenoxy) is 1. The second kappa shape index (κ2) is 6.76. The van der Waals surface area contributed by atoms with Gasteiger partial charge in [-0.2, -0.15) is 0 Å². The molecular weight excluding hydrogens is 224 g/mol. The summed E-state index contributed by atoms with van der Waals surface area (Å²) in [6, 6.07) is 11.4. The highest BCUT2D eigenvalue weighted by molar-refractivity contribution is 5.46. The van der Waals surface area contributed by atoms with E-state index in [0.29, 0.717) is 6.04 Å². The van der Waals surface area contributed by atoms with Crippen molar-refractivity contribution >= 4 is 5.69 Å². The van der Waals surface area contributed by atoms with E-state index in [2.05, 4.69) is 47.2 Å². The Hall–Kier alpha value is -1.06. The maximum absolute atomic E-state index is 5.16. The first-order chi connectivity index (χ1) is 8.81. The molecular formula is C15H24N2O. The van der Waals surface area contributed by atoms with Gasteiger partial charge in [-0.15, -0.1) is 0 Å². The third kappa shape index (κ3) is 3.47. The van der Waals surface area contributed by atoms with Crippen LogP contribution in [-0.4, -0.2) is 51.3 Å². The standard InChI is InChI=1S/C15H24N2O/c1-16(11-12-18-2)15-9-6-10-17(13-15)14-7-4-3-5-8-14/h3-5,7-8,15H,6,9-13H2,1-2H3. The SMILES string of the molecule is COCCN(C)C1CCCN(c2ccccc2)C1. The van der Waals surface area contributed by atoms with Gasteiger partial charge in [0.05, 0.1) is 6.61 Å². The van der Waals surface area contributed by atoms with Crippen molar-refractivity contribution in [1.29, 1.82) is 0 Å². The molecule has 2 rings (SSSR count). The lowest BCUT2D eigenvalue weighted by Gasteiger charge is -2.38. The van der Waals surface area contributed by atoms with E-state index < -0.39 is 0 Å². The van der Waals surface area contributed by atoms with Crippen LogP contribution >= 0.6 is 0 Å². The summed E-state index contributed by atoms with van der Waals surface area (Å²) < 4.78 is 5.16. The first-order valence-electron chi connectivity index (χ1n) is 6.80. The van der Waals surface area contributed by atoms with Crippen LogP contribution in [0.25, 0.3) is 0 Å². The Morgan fingerprint density at radius 3 is 2.83 bits per heavy atom. The van der Waals surface area contributed by atoms with Crippen molar-refractivity contribution in [2.45, 2.75) is 18.9 Å². The number of methoxy groups -OCH3 is 1. The minimum Gasteiger partial charge on any atom is -0.383 e. The van der Waals surface area contributed by atoms with Crippen LogP contribution in [0.4, 0.5) is 5.69 Å². The lowest BCUT2D eigenvalue weighted by Crippen LogP contribution is -2.47. The van der Waals surface area contributed by atoms with Crippen LogP contribution in [0, 0.1) is 0 Å². The molecule has 1 atom stereocenters. The van der Waals surface area contributed by atoms with Crippen molar-refractivity contribution in [3.8, 4) is 0 Å². The van der Waals surface area contributed by atoms with Crippen LogP contribution in [0.15, 0.2) is 30.3 Å². The van der Waals surface area contributed by atoms with Gasteiger partial charge in [-0.3, -0.25) is 4.90 Å². The summed E-state index contributed by atoms with van der Waals surface area (Å²) in [5.41, 5.74) is 1.35. The van der Waals surface area contributed by atoms with Crippen LogP contribution in [-0.2, 0) is 4.74 Å². The van der Waals surface area contributed by atoms with Crippen LogP contribution in [0.5, 0.6) is 0 Å². The lowest BCUT2D eigenvalue weighted by atomic mass is 10.0. The summed E-state index contributed by atoms with van der Waals surface area (Å²) in [6.07, 6.45) is 2.57. The molecule has 0 bridgehead atoms. The van der Waals surface area contributed by atoms with E-state index >= 15 is 0 Å². The van der Waals surface area contributed by atoms with E-state index in [1.807, 2.05) is 0 Å². The van der Waals surface area contributed by atoms with E-state index in [1.165, 1.54) is 25.1 Å². The Morgan fingerprint density at radius 1 is 1.33 bits per heavy atom. The molecule has 0 aliphatic carbocycles. The Morgan fingerprint density at radius 2 is 2.11 bits per heavy atom. The average Bonchev–Trinajstić information content (AvgIpc) is 2.46. The lowest BCUT2D eigenvalue weighted by molar-refractivity contribution is 0.132. The molecule has 0 radical (unpaired) electrons. The molecule has 0 saturated carbocycles. The molecule has 1 heterocycles. The molecule has 3 nitrogen and oxygen atoms in total. The van der Waals surface area contributed by atoms with Gasteiger partial charge in [0.15, 0.2) is 0 Å². The van der Waals surface area contributed by atoms with Crippen LogP contribution < -0.4 is 4.90 Å². The number of hydrogen-bond donors (Lipinski definition) is 0. The van der Waals surface area contributed by atoms with Gasteiger partial charge in [0.25, 0.3) is 0 Å². The highest BCUT2D eigenvalue weighted by Gasteiger charge is 2.22. The summed E-state index contributed by atoms with van der Waals surface area (Å²) in [7, 11) is 3.98. The van der Waals surface area contributed by atoms with E-state index in [1.54, 1.807) is 7.11 Å². The minimum absolute atomic E-state index is 0.647. The van der Waals surface area contributed by atoms with E-state index in [-0.39, 0.29) is 0 Å². The minimum atomic E-state index is 0.647. The molecule has 1 saturated heterocycles. The molecule has 1 aliphatic heterocycles. The van der Waals surface area contributed by atoms with Crippen molar-refractivity contribution in [3.63, 3.8) is 0 Å². The fourth-order valence-electron chi connectivity index (χ4n) is 2.61. The van der Waals surface area contributed by atoms with Gasteiger partial charge in [-0.05, 0) is 32.0 Å². The van der Waals surface area contributed by atoms with Gasteiger partial charge in [0, 0.05) is 38.5 Å². The predicted molar refractivity (Wildman–Crippen MR) is 76.2 cm³/mol. The number of para-hydroxylation sites is 1. The Labute approximate surface area is 110 Å². The molecule has 0 amide bonds. The zero-order valence-corrected chi connectivity index (χ0v) is 11.5. The summed E-state index contributed by atoms with van der Waals surface area (Å²) in [5, 5.41) is 0. The summed E-state index contributed by atoms with van der Waals surface area (Å²) in [4.78, 5) is 4.93. The van der Waals surface area contributed by atoms with Gasteiger partial charge in [-0.25, -0.2) is 0 Å². The Kier molecular flexibility index (Phi) is 5.02. The molecule has 1 aromatic carbocycles. The maximum Gasteiger partial charge on any atom is 0.0589 e. The van der Waals surface area contributed by atoms with Crippen molar-refractivity contribution in [2.24, 2.45) is 0 Å². The van der Waals surface area contributed by atoms with Crippen molar-refractivity contribution in [1.82, 2.24) is 4.90 Å². The first-order valence-corrected chi connectivity index (χ1v) is 6.80. The zero-order chi connectivity index (χ0) is 12.8. The fourth-order valence-corrected chi connectivity index (χ4v) is 2.61. The monoisotopic (exact) mass is 248 g/mol. The molecule has 0 aromatic heterocycles. The Bertz CT molecular complexity index is 342. The number of piperidine rings is 1. The normalized spacial score (nSPS) is 20.4. The number of nitrogens with zero attached hydrogens (tertiary/aromatic N) is 2. The third-order valence-corrected chi connectivity index (χ3v) is 3.79. The van der Waals surface area contributed by atoms with Crippen molar-refractivity contribution < 1.29 is 4.74 Å². The van der Waals surface area contributed by atoms with Crippen molar-refractivity contribution in [2.75, 3.05) is 45.3 Å². The molecule has 1 aromatic rings. The van der Waals surface area contributed by atoms with Gasteiger partial charge in [-0.1, -0.05) is 18.2 Å². The molecule has 0 N–H and O–H groups in total. The van der Waals surface area contributed by atoms with E-state index in [4.69, 9.17) is 4.74 Å². The van der Waals surface area contributed by atoms with E-state index in [0.717, 1.165) is 19.7 Å². The summed E-state index contributed by atoms with van der Waals surface area (Å²) in [6.45, 7) is 4.14. The van der Waals surface area contributed by atoms with E-state index in [9.17, 15) is 0 Å². The fraction of sp³-hybridized carbons (Fsp3) is 0.600. The molecule has 1 fully saturated rings. The molecule has 0 spiro atoms. The van der Waals surface area contributed by atoms with Crippen LogP contribution in [0.1, 0.15) is 12.8 Å². The molecule has 100 valence electrons. The molecule has 1 unspecified atom stereocenters. The molecule has 3 heteroatoms. The number of hydrogen-bond acceptors (Lipinski definition) is 3. The van der Waals surface area contributed by atoms with Crippen molar-refractivity contribution in [3.05, 3.63) is 30.3 Å². The zero-order valence-electron chi connectivity index (χ0n) is 11.5. The summed E-state index contributed by atoms with van der Waals surface area (Å²) in [5.74, 6) is 0. The topological polar surface area (TPSA) is 15.7 Å². The van der Waals surface area contributed by atoms with Crippen LogP contribution in [0.3, 0.4) is 0 Å². The van der Waals surface area contributed by atoms with Gasteiger partial charge < -0.3 is 9.64 Å². The Balaban J connectivity index is 1.92. The highest BCUT2D eigenvalue weighted by atomic mass is 16.5.